The molecule has 1 aliphatic rings. The van der Waals surface area contributed by atoms with Gasteiger partial charge in [0.1, 0.15) is 17.6 Å². The van der Waals surface area contributed by atoms with Gasteiger partial charge in [0.05, 0.1) is 11.6 Å². The molecule has 0 bridgehead atoms. The lowest BCUT2D eigenvalue weighted by molar-refractivity contribution is -0.121. The molecule has 3 rings (SSSR count). The van der Waals surface area contributed by atoms with E-state index in [0.717, 1.165) is 0 Å². The molecular formula is C11H12N4O3. The zero-order valence-electron chi connectivity index (χ0n) is 9.84. The summed E-state index contributed by atoms with van der Waals surface area (Å²) in [6.07, 6.45) is 1.80. The zero-order chi connectivity index (χ0) is 12.7. The number of aromatic nitrogens is 3. The molecule has 3 heterocycles. The predicted molar refractivity (Wildman–Crippen MR) is 62.3 cm³/mol. The maximum absolute atomic E-state index is 11.9. The Kier molecular flexibility index (Phi) is 2.48. The van der Waals surface area contributed by atoms with Crippen LogP contribution in [0.4, 0.5) is 0 Å². The fourth-order valence-corrected chi connectivity index (χ4v) is 2.26. The van der Waals surface area contributed by atoms with Crippen LogP contribution in [0.25, 0.3) is 11.2 Å². The average Bonchev–Trinajstić information content (AvgIpc) is 2.66. The molecular weight excluding hydrogens is 236 g/mol. The van der Waals surface area contributed by atoms with E-state index in [1.54, 1.807) is 7.05 Å². The van der Waals surface area contributed by atoms with E-state index in [1.165, 1.54) is 10.9 Å². The molecule has 0 spiro atoms. The van der Waals surface area contributed by atoms with Crippen molar-refractivity contribution in [3.63, 3.8) is 0 Å². The second-order valence-corrected chi connectivity index (χ2v) is 4.31. The first-order chi connectivity index (χ1) is 8.68. The Morgan fingerprint density at radius 2 is 2.28 bits per heavy atom. The smallest absolute Gasteiger partial charge is 0.388 e. The van der Waals surface area contributed by atoms with Crippen molar-refractivity contribution in [2.45, 2.75) is 12.3 Å². The summed E-state index contributed by atoms with van der Waals surface area (Å²) >= 11 is 0. The van der Waals surface area contributed by atoms with Crippen LogP contribution in [-0.4, -0.2) is 33.4 Å². The van der Waals surface area contributed by atoms with Crippen molar-refractivity contribution in [2.24, 2.45) is 7.05 Å². The monoisotopic (exact) mass is 248 g/mol. The lowest BCUT2D eigenvalue weighted by Gasteiger charge is -2.21. The largest absolute Gasteiger partial charge is 0.421 e. The number of oxazole rings is 1. The molecule has 0 saturated carbocycles. The van der Waals surface area contributed by atoms with Crippen LogP contribution < -0.4 is 11.1 Å². The third-order valence-electron chi connectivity index (χ3n) is 3.23. The average molecular weight is 248 g/mol. The molecule has 7 heteroatoms. The lowest BCUT2D eigenvalue weighted by atomic mass is 9.94. The highest BCUT2D eigenvalue weighted by molar-refractivity contribution is 5.90. The maximum Gasteiger partial charge on any atom is 0.421 e. The van der Waals surface area contributed by atoms with Gasteiger partial charge < -0.3 is 9.73 Å². The Morgan fingerprint density at radius 1 is 1.44 bits per heavy atom. The lowest BCUT2D eigenvalue weighted by Crippen LogP contribution is -2.36. The minimum atomic E-state index is -0.497. The number of nitrogens with zero attached hydrogens (tertiary/aromatic N) is 3. The van der Waals surface area contributed by atoms with Crippen LogP contribution in [0, 0.1) is 0 Å². The first-order valence-corrected chi connectivity index (χ1v) is 5.72. The topological polar surface area (TPSA) is 90.0 Å². The molecule has 1 saturated heterocycles. The number of hydrogen-bond acceptors (Lipinski definition) is 6. The number of ketones is 1. The van der Waals surface area contributed by atoms with E-state index in [9.17, 15) is 9.59 Å². The summed E-state index contributed by atoms with van der Waals surface area (Å²) in [6.45, 7) is 1.22. The predicted octanol–water partition coefficient (Wildman–Crippen LogP) is -0.432. The van der Waals surface area contributed by atoms with Crippen molar-refractivity contribution in [1.82, 2.24) is 19.9 Å². The van der Waals surface area contributed by atoms with Gasteiger partial charge in [0, 0.05) is 26.6 Å². The van der Waals surface area contributed by atoms with Crippen molar-refractivity contribution >= 4 is 17.0 Å². The SMILES string of the molecule is Cn1c(=O)oc2ncnc(C3CNCCC3=O)c21. The second-order valence-electron chi connectivity index (χ2n) is 4.31. The van der Waals surface area contributed by atoms with Crippen LogP contribution >= 0.6 is 0 Å². The molecule has 0 aromatic carbocycles. The fourth-order valence-electron chi connectivity index (χ4n) is 2.26. The molecule has 1 fully saturated rings. The Hall–Kier alpha value is -2.02. The summed E-state index contributed by atoms with van der Waals surface area (Å²) in [4.78, 5) is 31.5. The molecule has 1 aliphatic heterocycles. The molecule has 0 radical (unpaired) electrons. The minimum Gasteiger partial charge on any atom is -0.388 e. The third kappa shape index (κ3) is 1.55. The molecule has 94 valence electrons. The van der Waals surface area contributed by atoms with E-state index < -0.39 is 5.76 Å². The van der Waals surface area contributed by atoms with E-state index in [4.69, 9.17) is 4.42 Å². The Bertz CT molecular complexity index is 672. The summed E-state index contributed by atoms with van der Waals surface area (Å²) in [7, 11) is 1.59. The molecule has 2 aromatic rings. The number of rotatable bonds is 1. The van der Waals surface area contributed by atoms with E-state index in [-0.39, 0.29) is 17.4 Å². The summed E-state index contributed by atoms with van der Waals surface area (Å²) < 4.78 is 6.33. The van der Waals surface area contributed by atoms with Gasteiger partial charge in [0.15, 0.2) is 0 Å². The third-order valence-corrected chi connectivity index (χ3v) is 3.23. The summed E-state index contributed by atoms with van der Waals surface area (Å²) in [5.74, 6) is -0.710. The van der Waals surface area contributed by atoms with Gasteiger partial charge in [0.25, 0.3) is 5.71 Å². The van der Waals surface area contributed by atoms with Crippen LogP contribution in [0.2, 0.25) is 0 Å². The van der Waals surface area contributed by atoms with E-state index in [2.05, 4.69) is 15.3 Å². The highest BCUT2D eigenvalue weighted by Crippen LogP contribution is 2.24. The van der Waals surface area contributed by atoms with Gasteiger partial charge in [-0.1, -0.05) is 0 Å². The summed E-state index contributed by atoms with van der Waals surface area (Å²) in [5, 5.41) is 3.16. The van der Waals surface area contributed by atoms with Crippen molar-refractivity contribution in [3.05, 3.63) is 22.6 Å². The molecule has 7 nitrogen and oxygen atoms in total. The molecule has 18 heavy (non-hydrogen) atoms. The second kappa shape index (κ2) is 4.02. The van der Waals surface area contributed by atoms with Gasteiger partial charge in [-0.2, -0.15) is 4.98 Å². The van der Waals surface area contributed by atoms with Crippen LogP contribution in [0.3, 0.4) is 0 Å². The van der Waals surface area contributed by atoms with Gasteiger partial charge in [0.2, 0.25) is 0 Å². The number of Topliss-reactive ketones (excluding diaryl/α,β-unsaturated/α-hetero) is 1. The van der Waals surface area contributed by atoms with Crippen molar-refractivity contribution in [1.29, 1.82) is 0 Å². The van der Waals surface area contributed by atoms with Gasteiger partial charge in [-0.25, -0.2) is 9.78 Å². The van der Waals surface area contributed by atoms with Crippen LogP contribution in [0.1, 0.15) is 18.0 Å². The number of fused-ring (bicyclic) bond motifs is 1. The zero-order valence-corrected chi connectivity index (χ0v) is 9.84. The van der Waals surface area contributed by atoms with Gasteiger partial charge in [-0.05, 0) is 0 Å². The van der Waals surface area contributed by atoms with Gasteiger partial charge >= 0.3 is 5.76 Å². The van der Waals surface area contributed by atoms with Gasteiger partial charge in [-0.15, -0.1) is 0 Å². The normalized spacial score (nSPS) is 20.5. The number of piperidine rings is 1. The van der Waals surface area contributed by atoms with E-state index in [1.807, 2.05) is 0 Å². The Labute approximate surface area is 102 Å². The quantitative estimate of drug-likeness (QED) is 0.736. The van der Waals surface area contributed by atoms with Crippen molar-refractivity contribution in [3.8, 4) is 0 Å². The molecule has 0 aliphatic carbocycles. The van der Waals surface area contributed by atoms with Crippen LogP contribution in [0.15, 0.2) is 15.5 Å². The number of carbonyl (C=O) groups excluding carboxylic acids is 1. The number of aryl methyl sites for hydroxylation is 1. The highest BCUT2D eigenvalue weighted by Gasteiger charge is 2.28. The number of carbonyl (C=O) groups is 1. The maximum atomic E-state index is 11.9. The summed E-state index contributed by atoms with van der Waals surface area (Å²) in [5.41, 5.74) is 1.29. The molecule has 2 aromatic heterocycles. The van der Waals surface area contributed by atoms with Crippen LogP contribution in [-0.2, 0) is 11.8 Å². The Morgan fingerprint density at radius 3 is 3.06 bits per heavy atom. The number of nitrogens with one attached hydrogen (secondary N) is 1. The van der Waals surface area contributed by atoms with Crippen LogP contribution in [0.5, 0.6) is 0 Å². The fraction of sp³-hybridized carbons (Fsp3) is 0.455. The highest BCUT2D eigenvalue weighted by atomic mass is 16.4. The first-order valence-electron chi connectivity index (χ1n) is 5.72. The standard InChI is InChI=1S/C11H12N4O3/c1-15-9-8(6-4-12-3-2-7(6)16)13-5-14-10(9)18-11(15)17/h5-6,12H,2-4H2,1H3. The summed E-state index contributed by atoms with van der Waals surface area (Å²) in [6, 6.07) is 0. The first kappa shape index (κ1) is 11.1. The van der Waals surface area contributed by atoms with Crippen molar-refractivity contribution in [2.75, 3.05) is 13.1 Å². The minimum absolute atomic E-state index is 0.127. The molecule has 1 atom stereocenters. The molecule has 0 amide bonds. The molecule has 1 N–H and O–H groups in total. The van der Waals surface area contributed by atoms with E-state index in [0.29, 0.717) is 30.7 Å². The Balaban J connectivity index is 2.22. The number of hydrogen-bond donors (Lipinski definition) is 1. The molecule has 1 unspecified atom stereocenters. The van der Waals surface area contributed by atoms with Gasteiger partial charge in [-0.3, -0.25) is 9.36 Å². The van der Waals surface area contributed by atoms with E-state index >= 15 is 0 Å². The van der Waals surface area contributed by atoms with Crippen molar-refractivity contribution < 1.29 is 9.21 Å².